The first-order valence-electron chi connectivity index (χ1n) is 5.47. The molecule has 1 amide bonds. The number of hydrogen-bond donors (Lipinski definition) is 3. The number of nitrogens with zero attached hydrogens (tertiary/aromatic N) is 2. The molecule has 1 aromatic rings. The molecule has 0 unspecified atom stereocenters. The molecule has 0 aromatic carbocycles. The normalized spacial score (nSPS) is 22.4. The number of aromatic nitrogens is 3. The number of H-pyrrole nitrogens is 1. The van der Waals surface area contributed by atoms with Crippen molar-refractivity contribution in [3.63, 3.8) is 0 Å². The fourth-order valence-electron chi connectivity index (χ4n) is 1.72. The van der Waals surface area contributed by atoms with E-state index >= 15 is 0 Å². The van der Waals surface area contributed by atoms with Gasteiger partial charge in [-0.1, -0.05) is 0 Å². The van der Waals surface area contributed by atoms with Gasteiger partial charge in [-0.25, -0.2) is 0 Å². The third kappa shape index (κ3) is 3.81. The van der Waals surface area contributed by atoms with Crippen LogP contribution in [0.4, 0.5) is 19.1 Å². The van der Waals surface area contributed by atoms with Crippen LogP contribution in [-0.4, -0.2) is 46.9 Å². The first kappa shape index (κ1) is 16.7. The Morgan fingerprint density at radius 3 is 2.70 bits per heavy atom. The largest absolute Gasteiger partial charge is 0.451 e. The minimum Gasteiger partial charge on any atom is -0.380 e. The third-order valence-electron chi connectivity index (χ3n) is 2.73. The Hall–Kier alpha value is -1.39. The lowest BCUT2D eigenvalue weighted by Gasteiger charge is -2.08. The molecular formula is C9H13ClF3N5O2. The Kier molecular flexibility index (Phi) is 5.31. The zero-order chi connectivity index (χ0) is 14.0. The lowest BCUT2D eigenvalue weighted by Crippen LogP contribution is -2.35. The molecule has 1 saturated heterocycles. The van der Waals surface area contributed by atoms with Gasteiger partial charge in [-0.15, -0.1) is 17.5 Å². The van der Waals surface area contributed by atoms with E-state index < -0.39 is 29.9 Å². The first-order valence-corrected chi connectivity index (χ1v) is 5.47. The standard InChI is InChI=1S/C9H12F3N5O2.ClH/c1-19-4-2-5(13-3-4)6(18)14-8-15-7(16-17-8)9(10,11)12;/h4-5,13H,2-3H2,1H3,(H2,14,15,16,17,18);1H/t4-,5-;/m0./s1. The van der Waals surface area contributed by atoms with Crippen LogP contribution in [0.3, 0.4) is 0 Å². The molecule has 2 rings (SSSR count). The van der Waals surface area contributed by atoms with E-state index in [4.69, 9.17) is 4.74 Å². The van der Waals surface area contributed by atoms with Gasteiger partial charge in [0.15, 0.2) is 0 Å². The molecular weight excluding hydrogens is 303 g/mol. The van der Waals surface area contributed by atoms with Gasteiger partial charge in [-0.3, -0.25) is 15.2 Å². The number of nitrogens with one attached hydrogen (secondary N) is 3. The van der Waals surface area contributed by atoms with Crippen LogP contribution < -0.4 is 10.6 Å². The lowest BCUT2D eigenvalue weighted by atomic mass is 10.2. The second-order valence-electron chi connectivity index (χ2n) is 4.05. The molecule has 11 heteroatoms. The van der Waals surface area contributed by atoms with E-state index in [0.29, 0.717) is 13.0 Å². The fraction of sp³-hybridized carbons (Fsp3) is 0.667. The highest BCUT2D eigenvalue weighted by molar-refractivity contribution is 5.93. The van der Waals surface area contributed by atoms with Crippen molar-refractivity contribution in [1.29, 1.82) is 0 Å². The van der Waals surface area contributed by atoms with Crippen molar-refractivity contribution < 1.29 is 22.7 Å². The number of carbonyl (C=O) groups is 1. The Bertz CT molecular complexity index is 467. The number of halogens is 4. The number of alkyl halides is 3. The summed E-state index contributed by atoms with van der Waals surface area (Å²) >= 11 is 0. The van der Waals surface area contributed by atoms with Crippen molar-refractivity contribution in [3.8, 4) is 0 Å². The number of rotatable bonds is 3. The predicted molar refractivity (Wildman–Crippen MR) is 64.5 cm³/mol. The summed E-state index contributed by atoms with van der Waals surface area (Å²) < 4.78 is 41.8. The molecule has 2 heterocycles. The molecule has 0 radical (unpaired) electrons. The Labute approximate surface area is 118 Å². The monoisotopic (exact) mass is 315 g/mol. The average Bonchev–Trinajstić information content (AvgIpc) is 2.95. The Morgan fingerprint density at radius 1 is 1.50 bits per heavy atom. The van der Waals surface area contributed by atoms with Crippen molar-refractivity contribution in [2.45, 2.75) is 24.7 Å². The van der Waals surface area contributed by atoms with E-state index in [9.17, 15) is 18.0 Å². The highest BCUT2D eigenvalue weighted by Gasteiger charge is 2.36. The molecule has 0 bridgehead atoms. The second-order valence-corrected chi connectivity index (χ2v) is 4.05. The first-order chi connectivity index (χ1) is 8.90. The topological polar surface area (TPSA) is 91.9 Å². The maximum Gasteiger partial charge on any atom is 0.451 e. The number of ether oxygens (including phenoxy) is 1. The molecule has 114 valence electrons. The van der Waals surface area contributed by atoms with E-state index in [1.54, 1.807) is 5.10 Å². The number of methoxy groups -OCH3 is 1. The number of anilines is 1. The van der Waals surface area contributed by atoms with Gasteiger partial charge in [0, 0.05) is 13.7 Å². The molecule has 0 saturated carbocycles. The number of hydrogen-bond acceptors (Lipinski definition) is 5. The quantitative estimate of drug-likeness (QED) is 0.758. The van der Waals surface area contributed by atoms with Crippen LogP contribution in [-0.2, 0) is 15.7 Å². The summed E-state index contributed by atoms with van der Waals surface area (Å²) in [7, 11) is 1.53. The molecule has 0 aliphatic carbocycles. The smallest absolute Gasteiger partial charge is 0.380 e. The van der Waals surface area contributed by atoms with Crippen LogP contribution in [0.5, 0.6) is 0 Å². The Morgan fingerprint density at radius 2 is 2.20 bits per heavy atom. The van der Waals surface area contributed by atoms with E-state index in [-0.39, 0.29) is 18.5 Å². The summed E-state index contributed by atoms with van der Waals surface area (Å²) in [4.78, 5) is 14.9. The van der Waals surface area contributed by atoms with Gasteiger partial charge in [0.1, 0.15) is 0 Å². The van der Waals surface area contributed by atoms with Gasteiger partial charge in [0.05, 0.1) is 12.1 Å². The summed E-state index contributed by atoms with van der Waals surface area (Å²) in [6, 6.07) is -0.530. The summed E-state index contributed by atoms with van der Waals surface area (Å²) in [5.41, 5.74) is 0. The maximum absolute atomic E-state index is 12.3. The zero-order valence-corrected chi connectivity index (χ0v) is 11.1. The SMILES string of the molecule is CO[C@@H]1CN[C@H](C(=O)Nc2n[nH]c(C(F)(F)F)n2)C1.Cl. The molecule has 3 N–H and O–H groups in total. The summed E-state index contributed by atoms with van der Waals surface area (Å²) in [5.74, 6) is -2.15. The highest BCUT2D eigenvalue weighted by Crippen LogP contribution is 2.26. The van der Waals surface area contributed by atoms with Crippen LogP contribution in [0.25, 0.3) is 0 Å². The number of carbonyl (C=O) groups excluding carboxylic acids is 1. The molecule has 1 fully saturated rings. The van der Waals surface area contributed by atoms with Gasteiger partial charge in [0.2, 0.25) is 17.7 Å². The maximum atomic E-state index is 12.3. The Balaban J connectivity index is 0.00000200. The van der Waals surface area contributed by atoms with Crippen LogP contribution in [0.2, 0.25) is 0 Å². The van der Waals surface area contributed by atoms with Crippen LogP contribution in [0.15, 0.2) is 0 Å². The minimum atomic E-state index is -4.62. The van der Waals surface area contributed by atoms with Gasteiger partial charge >= 0.3 is 6.18 Å². The van der Waals surface area contributed by atoms with Gasteiger partial charge in [-0.2, -0.15) is 18.2 Å². The predicted octanol–water partition coefficient (Wildman–Crippen LogP) is 0.561. The zero-order valence-electron chi connectivity index (χ0n) is 10.3. The summed E-state index contributed by atoms with van der Waals surface area (Å²) in [6.07, 6.45) is -4.27. The van der Waals surface area contributed by atoms with Crippen LogP contribution in [0.1, 0.15) is 12.2 Å². The van der Waals surface area contributed by atoms with E-state index in [0.717, 1.165) is 0 Å². The number of amides is 1. The van der Waals surface area contributed by atoms with Gasteiger partial charge < -0.3 is 10.1 Å². The van der Waals surface area contributed by atoms with Crippen LogP contribution >= 0.6 is 12.4 Å². The molecule has 7 nitrogen and oxygen atoms in total. The highest BCUT2D eigenvalue weighted by atomic mass is 35.5. The summed E-state index contributed by atoms with van der Waals surface area (Å²) in [5, 5.41) is 10.1. The van der Waals surface area contributed by atoms with Crippen molar-refractivity contribution in [3.05, 3.63) is 5.82 Å². The molecule has 20 heavy (non-hydrogen) atoms. The van der Waals surface area contributed by atoms with E-state index in [1.165, 1.54) is 7.11 Å². The van der Waals surface area contributed by atoms with Crippen molar-refractivity contribution in [1.82, 2.24) is 20.5 Å². The number of aromatic amines is 1. The minimum absolute atomic E-state index is 0. The van der Waals surface area contributed by atoms with E-state index in [1.807, 2.05) is 0 Å². The molecule has 1 aromatic heterocycles. The van der Waals surface area contributed by atoms with E-state index in [2.05, 4.69) is 20.7 Å². The van der Waals surface area contributed by atoms with Crippen LogP contribution in [0, 0.1) is 0 Å². The van der Waals surface area contributed by atoms with Crippen molar-refractivity contribution in [2.75, 3.05) is 19.0 Å². The molecule has 1 aliphatic heterocycles. The average molecular weight is 316 g/mol. The lowest BCUT2D eigenvalue weighted by molar-refractivity contribution is -0.144. The van der Waals surface area contributed by atoms with Crippen molar-refractivity contribution in [2.24, 2.45) is 0 Å². The fourth-order valence-corrected chi connectivity index (χ4v) is 1.72. The van der Waals surface area contributed by atoms with Gasteiger partial charge in [0.25, 0.3) is 0 Å². The van der Waals surface area contributed by atoms with Gasteiger partial charge in [-0.05, 0) is 6.42 Å². The third-order valence-corrected chi connectivity index (χ3v) is 2.73. The second kappa shape index (κ2) is 6.37. The molecule has 1 aliphatic rings. The molecule has 2 atom stereocenters. The summed E-state index contributed by atoms with van der Waals surface area (Å²) in [6.45, 7) is 0.510. The van der Waals surface area contributed by atoms with Crippen molar-refractivity contribution >= 4 is 24.3 Å². The molecule has 0 spiro atoms.